The average molecular weight is 613 g/mol. The molecule has 2 aliphatic carbocycles. The zero-order valence-electron chi connectivity index (χ0n) is 28.5. The smallest absolute Gasteiger partial charge is 0.0968 e. The van der Waals surface area contributed by atoms with Crippen LogP contribution in [0, 0.1) is 5.41 Å². The van der Waals surface area contributed by atoms with Crippen molar-refractivity contribution in [1.82, 2.24) is 4.98 Å². The van der Waals surface area contributed by atoms with Crippen LogP contribution in [0.15, 0.2) is 114 Å². The van der Waals surface area contributed by atoms with Gasteiger partial charge in [0.25, 0.3) is 0 Å². The van der Waals surface area contributed by atoms with E-state index in [1.54, 1.807) is 5.57 Å². The topological polar surface area (TPSA) is 25.2 Å². The van der Waals surface area contributed by atoms with Crippen LogP contribution in [0.2, 0.25) is 0 Å². The van der Waals surface area contributed by atoms with Gasteiger partial charge < -0.3 is 0 Å². The number of fused-ring (bicyclic) bond motifs is 7. The Labute approximate surface area is 280 Å². The summed E-state index contributed by atoms with van der Waals surface area (Å²) in [6, 6.07) is 31.7. The highest BCUT2D eigenvalue weighted by molar-refractivity contribution is 6.06. The lowest BCUT2D eigenvalue weighted by Gasteiger charge is -2.30. The molecular formula is C45H44N2. The summed E-state index contributed by atoms with van der Waals surface area (Å²) >= 11 is 0. The number of aliphatic imine (C=N–C) groups is 1. The molecule has 5 aromatic rings. The van der Waals surface area contributed by atoms with Crippen molar-refractivity contribution >= 4 is 22.3 Å². The fraction of sp³-hybridized carbons (Fsp3) is 0.289. The molecule has 8 rings (SSSR count). The minimum absolute atomic E-state index is 0.0393. The van der Waals surface area contributed by atoms with Gasteiger partial charge in [0.2, 0.25) is 0 Å². The van der Waals surface area contributed by atoms with Gasteiger partial charge in [0.05, 0.1) is 16.9 Å². The molecule has 0 spiro atoms. The lowest BCUT2D eigenvalue weighted by Crippen LogP contribution is -2.20. The largest absolute Gasteiger partial charge is 0.250 e. The van der Waals surface area contributed by atoms with Gasteiger partial charge in [0.1, 0.15) is 0 Å². The molecule has 0 amide bonds. The first-order valence-electron chi connectivity index (χ1n) is 17.4. The van der Waals surface area contributed by atoms with Crippen LogP contribution in [-0.4, -0.2) is 10.7 Å². The first-order chi connectivity index (χ1) is 22.7. The summed E-state index contributed by atoms with van der Waals surface area (Å²) in [4.78, 5) is 10.7. The summed E-state index contributed by atoms with van der Waals surface area (Å²) in [5.74, 6) is 0. The number of rotatable bonds is 2. The lowest BCUT2D eigenvalue weighted by atomic mass is 9.75. The van der Waals surface area contributed by atoms with Gasteiger partial charge in [-0.2, -0.15) is 0 Å². The molecule has 0 saturated heterocycles. The number of benzene rings is 4. The highest BCUT2D eigenvalue weighted by atomic mass is 14.8. The summed E-state index contributed by atoms with van der Waals surface area (Å²) in [7, 11) is 0. The van der Waals surface area contributed by atoms with Crippen molar-refractivity contribution in [3.8, 4) is 22.4 Å². The number of nitrogens with zero attached hydrogens (tertiary/aromatic N) is 2. The molecule has 3 aliphatic rings. The van der Waals surface area contributed by atoms with Crippen molar-refractivity contribution in [3.05, 3.63) is 142 Å². The maximum atomic E-state index is 5.41. The van der Waals surface area contributed by atoms with E-state index in [0.717, 1.165) is 66.4 Å². The molecule has 1 aliphatic heterocycles. The van der Waals surface area contributed by atoms with E-state index in [1.165, 1.54) is 50.2 Å². The quantitative estimate of drug-likeness (QED) is 0.182. The minimum Gasteiger partial charge on any atom is -0.250 e. The van der Waals surface area contributed by atoms with E-state index in [9.17, 15) is 0 Å². The van der Waals surface area contributed by atoms with Crippen LogP contribution in [0.5, 0.6) is 0 Å². The third kappa shape index (κ3) is 5.10. The Bertz CT molecular complexity index is 2150. The molecule has 0 bridgehead atoms. The van der Waals surface area contributed by atoms with Gasteiger partial charge in [-0.1, -0.05) is 118 Å². The maximum Gasteiger partial charge on any atom is 0.0968 e. The molecule has 0 radical (unpaired) electrons. The third-order valence-corrected chi connectivity index (χ3v) is 11.2. The second-order valence-corrected chi connectivity index (χ2v) is 14.9. The number of aromatic nitrogens is 1. The van der Waals surface area contributed by atoms with E-state index >= 15 is 0 Å². The van der Waals surface area contributed by atoms with Crippen LogP contribution in [0.25, 0.3) is 33.3 Å². The number of pyridine rings is 1. The summed E-state index contributed by atoms with van der Waals surface area (Å²) in [5.41, 5.74) is 17.9. The molecule has 1 aromatic heterocycles. The summed E-state index contributed by atoms with van der Waals surface area (Å²) < 4.78 is 0. The lowest BCUT2D eigenvalue weighted by molar-refractivity contribution is 0.425. The van der Waals surface area contributed by atoms with Crippen LogP contribution in [0.3, 0.4) is 0 Å². The fourth-order valence-electron chi connectivity index (χ4n) is 8.42. The predicted octanol–water partition coefficient (Wildman–Crippen LogP) is 11.7. The molecule has 4 aromatic carbocycles. The molecule has 2 heteroatoms. The van der Waals surface area contributed by atoms with Gasteiger partial charge in [-0.15, -0.1) is 0 Å². The van der Waals surface area contributed by atoms with E-state index in [4.69, 9.17) is 9.98 Å². The van der Waals surface area contributed by atoms with Crippen LogP contribution < -0.4 is 0 Å². The zero-order chi connectivity index (χ0) is 32.3. The Morgan fingerprint density at radius 3 is 2.34 bits per heavy atom. The number of allylic oxidation sites excluding steroid dienone is 4. The first-order valence-corrected chi connectivity index (χ1v) is 17.4. The number of hydrogen-bond donors (Lipinski definition) is 0. The monoisotopic (exact) mass is 612 g/mol. The van der Waals surface area contributed by atoms with E-state index in [2.05, 4.69) is 138 Å². The van der Waals surface area contributed by atoms with Gasteiger partial charge in [-0.05, 0) is 114 Å². The summed E-state index contributed by atoms with van der Waals surface area (Å²) in [5, 5.41) is 1.14. The van der Waals surface area contributed by atoms with Crippen molar-refractivity contribution in [3.63, 3.8) is 0 Å². The Hall–Kier alpha value is -4.56. The van der Waals surface area contributed by atoms with Crippen molar-refractivity contribution in [2.75, 3.05) is 0 Å². The normalized spacial score (nSPS) is 19.3. The van der Waals surface area contributed by atoms with Gasteiger partial charge >= 0.3 is 0 Å². The molecule has 0 atom stereocenters. The van der Waals surface area contributed by atoms with Crippen LogP contribution in [0.1, 0.15) is 87.3 Å². The number of aryl methyl sites for hydroxylation is 1. The van der Waals surface area contributed by atoms with Gasteiger partial charge in [0, 0.05) is 22.1 Å². The molecule has 0 saturated carbocycles. The van der Waals surface area contributed by atoms with Gasteiger partial charge in [0.15, 0.2) is 0 Å². The van der Waals surface area contributed by atoms with Gasteiger partial charge in [-0.25, -0.2) is 4.98 Å². The van der Waals surface area contributed by atoms with Gasteiger partial charge in [-0.3, -0.25) is 4.99 Å². The maximum absolute atomic E-state index is 5.41. The molecule has 47 heavy (non-hydrogen) atoms. The second kappa shape index (κ2) is 11.3. The van der Waals surface area contributed by atoms with E-state index in [0.29, 0.717) is 0 Å². The molecule has 0 fully saturated rings. The minimum atomic E-state index is -0.0393. The zero-order valence-corrected chi connectivity index (χ0v) is 28.5. The molecule has 0 N–H and O–H groups in total. The van der Waals surface area contributed by atoms with Crippen molar-refractivity contribution < 1.29 is 0 Å². The first kappa shape index (κ1) is 29.8. The SMILES string of the molecule is C/C=C1\CC/C=C\Cc2ccc(C3=Nc4c(ccc5ccc(-c6ccc7c(c6)C(C)(C)c6ccccc6-7)nc45)CC3)cc2CC1(C)C. The van der Waals surface area contributed by atoms with E-state index in [1.807, 2.05) is 0 Å². The highest BCUT2D eigenvalue weighted by Gasteiger charge is 2.35. The Kier molecular flexibility index (Phi) is 7.17. The third-order valence-electron chi connectivity index (χ3n) is 11.2. The van der Waals surface area contributed by atoms with Crippen molar-refractivity contribution in [2.45, 2.75) is 78.6 Å². The standard InChI is InChI=1S/C45H44N2/c1-6-35-13-9-7-8-12-29-16-19-32(26-34(29)28-44(35,2)3)40-24-21-30-17-18-31-22-25-41(47-43(31)42(30)46-40)33-20-23-37-36-14-10-11-15-38(36)45(4,5)39(37)27-33/h6-8,10-11,14-20,22-23,25-27H,9,12-13,21,24,28H2,1-5H3/b8-7-,35-6+. The molecule has 234 valence electrons. The Morgan fingerprint density at radius 2 is 1.47 bits per heavy atom. The fourth-order valence-corrected chi connectivity index (χ4v) is 8.42. The predicted molar refractivity (Wildman–Crippen MR) is 199 cm³/mol. The molecule has 0 unspecified atom stereocenters. The van der Waals surface area contributed by atoms with Crippen LogP contribution in [-0.2, 0) is 24.7 Å². The summed E-state index contributed by atoms with van der Waals surface area (Å²) in [6.07, 6.45) is 13.3. The average Bonchev–Trinajstić information content (AvgIpc) is 3.31. The second-order valence-electron chi connectivity index (χ2n) is 14.9. The number of hydrogen-bond acceptors (Lipinski definition) is 2. The summed E-state index contributed by atoms with van der Waals surface area (Å²) in [6.45, 7) is 11.7. The van der Waals surface area contributed by atoms with E-state index in [-0.39, 0.29) is 10.8 Å². The van der Waals surface area contributed by atoms with Crippen molar-refractivity contribution in [1.29, 1.82) is 0 Å². The molecular weight excluding hydrogens is 569 g/mol. The van der Waals surface area contributed by atoms with E-state index < -0.39 is 0 Å². The Morgan fingerprint density at radius 1 is 0.681 bits per heavy atom. The molecule has 2 heterocycles. The van der Waals surface area contributed by atoms with Crippen LogP contribution >= 0.6 is 0 Å². The Balaban J connectivity index is 1.19. The highest BCUT2D eigenvalue weighted by Crippen LogP contribution is 2.49. The van der Waals surface area contributed by atoms with Crippen molar-refractivity contribution in [2.24, 2.45) is 10.4 Å². The molecule has 2 nitrogen and oxygen atoms in total. The van der Waals surface area contributed by atoms with Crippen LogP contribution in [0.4, 0.5) is 5.69 Å².